The highest BCUT2D eigenvalue weighted by Gasteiger charge is 2.50. The van der Waals surface area contributed by atoms with E-state index in [4.69, 9.17) is 9.47 Å². The first-order valence-electron chi connectivity index (χ1n) is 9.90. The molecule has 1 saturated heterocycles. The molecule has 1 spiro atoms. The average Bonchev–Trinajstić information content (AvgIpc) is 3.25. The molecule has 0 unspecified atom stereocenters. The number of ether oxygens (including phenoxy) is 2. The fourth-order valence-electron chi connectivity index (χ4n) is 4.40. The van der Waals surface area contributed by atoms with E-state index in [-0.39, 0.29) is 23.5 Å². The van der Waals surface area contributed by atoms with Crippen LogP contribution in [-0.2, 0) is 21.5 Å². The zero-order chi connectivity index (χ0) is 19.7. The van der Waals surface area contributed by atoms with Crippen molar-refractivity contribution in [2.24, 2.45) is 0 Å². The van der Waals surface area contributed by atoms with Gasteiger partial charge in [0.2, 0.25) is 5.91 Å². The van der Waals surface area contributed by atoms with E-state index in [1.54, 1.807) is 7.11 Å². The predicted octanol–water partition coefficient (Wildman–Crippen LogP) is 3.27. The van der Waals surface area contributed by atoms with Crippen LogP contribution in [-0.4, -0.2) is 38.3 Å². The molecule has 148 valence electrons. The van der Waals surface area contributed by atoms with Crippen LogP contribution in [0.15, 0.2) is 48.5 Å². The highest BCUT2D eigenvalue weighted by molar-refractivity contribution is 5.82. The van der Waals surface area contributed by atoms with Gasteiger partial charge < -0.3 is 19.7 Å². The minimum Gasteiger partial charge on any atom is -0.497 e. The first-order chi connectivity index (χ1) is 13.5. The van der Waals surface area contributed by atoms with Crippen molar-refractivity contribution < 1.29 is 14.3 Å². The summed E-state index contributed by atoms with van der Waals surface area (Å²) >= 11 is 0. The first-order valence-corrected chi connectivity index (χ1v) is 9.90. The van der Waals surface area contributed by atoms with E-state index < -0.39 is 0 Å². The van der Waals surface area contributed by atoms with Gasteiger partial charge >= 0.3 is 0 Å². The van der Waals surface area contributed by atoms with E-state index in [9.17, 15) is 4.79 Å². The van der Waals surface area contributed by atoms with E-state index in [0.29, 0.717) is 6.61 Å². The quantitative estimate of drug-likeness (QED) is 0.865. The number of methoxy groups -OCH3 is 1. The number of carbonyl (C=O) groups is 1. The van der Waals surface area contributed by atoms with Crippen LogP contribution in [0.2, 0.25) is 0 Å². The van der Waals surface area contributed by atoms with Crippen LogP contribution in [0.1, 0.15) is 31.4 Å². The lowest BCUT2D eigenvalue weighted by atomic mass is 9.80. The van der Waals surface area contributed by atoms with Crippen LogP contribution >= 0.6 is 0 Å². The minimum atomic E-state index is -0.378. The van der Waals surface area contributed by atoms with Crippen molar-refractivity contribution in [2.45, 2.75) is 44.4 Å². The topological polar surface area (TPSA) is 50.8 Å². The molecule has 28 heavy (non-hydrogen) atoms. The lowest BCUT2D eigenvalue weighted by Gasteiger charge is -2.24. The van der Waals surface area contributed by atoms with Crippen molar-refractivity contribution in [1.82, 2.24) is 5.32 Å². The Labute approximate surface area is 166 Å². The van der Waals surface area contributed by atoms with Crippen molar-refractivity contribution >= 4 is 11.6 Å². The Hall–Kier alpha value is -2.53. The van der Waals surface area contributed by atoms with Crippen LogP contribution in [0.25, 0.3) is 0 Å². The van der Waals surface area contributed by atoms with E-state index in [0.717, 1.165) is 25.3 Å². The van der Waals surface area contributed by atoms with Gasteiger partial charge in [-0.15, -0.1) is 0 Å². The number of benzene rings is 2. The van der Waals surface area contributed by atoms with E-state index in [1.807, 2.05) is 26.0 Å². The third-order valence-corrected chi connectivity index (χ3v) is 5.70. The first kappa shape index (κ1) is 18.8. The molecule has 0 aromatic heterocycles. The number of amides is 1. The van der Waals surface area contributed by atoms with Crippen LogP contribution in [0.5, 0.6) is 5.75 Å². The maximum Gasteiger partial charge on any atom is 0.249 e. The molecule has 1 fully saturated rings. The van der Waals surface area contributed by atoms with E-state index in [2.05, 4.69) is 46.6 Å². The number of hydrogen-bond donors (Lipinski definition) is 1. The highest BCUT2D eigenvalue weighted by Crippen LogP contribution is 2.47. The maximum absolute atomic E-state index is 12.5. The van der Waals surface area contributed by atoms with Gasteiger partial charge in [0.05, 0.1) is 13.7 Å². The van der Waals surface area contributed by atoms with Crippen molar-refractivity contribution in [3.8, 4) is 5.75 Å². The minimum absolute atomic E-state index is 0.00189. The van der Waals surface area contributed by atoms with Gasteiger partial charge in [-0.05, 0) is 49.6 Å². The van der Waals surface area contributed by atoms with E-state index in [1.165, 1.54) is 16.8 Å². The fraction of sp³-hybridized carbons (Fsp3) is 0.435. The molecule has 0 radical (unpaired) electrons. The van der Waals surface area contributed by atoms with Crippen molar-refractivity contribution in [3.63, 3.8) is 0 Å². The zero-order valence-electron chi connectivity index (χ0n) is 16.8. The number of nitrogens with one attached hydrogen (secondary N) is 1. The third kappa shape index (κ3) is 3.47. The lowest BCUT2D eigenvalue weighted by molar-refractivity contribution is -0.130. The van der Waals surface area contributed by atoms with Crippen molar-refractivity contribution in [1.29, 1.82) is 0 Å². The normalized spacial score (nSPS) is 23.3. The highest BCUT2D eigenvalue weighted by atomic mass is 16.5. The molecule has 5 nitrogen and oxygen atoms in total. The molecule has 1 amide bonds. The number of hydrogen-bond acceptors (Lipinski definition) is 4. The average molecular weight is 380 g/mol. The molecular weight excluding hydrogens is 352 g/mol. The molecular formula is C23H28N2O3. The second-order valence-electron chi connectivity index (χ2n) is 8.17. The molecule has 4 rings (SSSR count). The summed E-state index contributed by atoms with van der Waals surface area (Å²) in [6.07, 6.45) is 0.346. The van der Waals surface area contributed by atoms with Gasteiger partial charge in [-0.1, -0.05) is 30.3 Å². The van der Waals surface area contributed by atoms with Gasteiger partial charge in [0.1, 0.15) is 11.9 Å². The number of fused-ring (bicyclic) bond motifs is 2. The summed E-state index contributed by atoms with van der Waals surface area (Å²) in [5.74, 6) is 0.864. The molecule has 2 aromatic carbocycles. The Kier molecular flexibility index (Phi) is 5.02. The van der Waals surface area contributed by atoms with Crippen LogP contribution < -0.4 is 15.0 Å². The Morgan fingerprint density at radius 3 is 2.71 bits per heavy atom. The standard InChI is InChI=1S/C23H28N2O3/c1-16(2)24-22(26)21-12-23(15-28-21)14-25(20-7-5-4-6-19(20)23)13-17-8-10-18(27-3)11-9-17/h4-11,16,21H,12-15H2,1-3H3,(H,24,26)/t21-,23+/m1/s1. The molecule has 5 heteroatoms. The van der Waals surface area contributed by atoms with Crippen LogP contribution in [0.3, 0.4) is 0 Å². The fourth-order valence-corrected chi connectivity index (χ4v) is 4.40. The number of nitrogens with zero attached hydrogens (tertiary/aromatic N) is 1. The van der Waals surface area contributed by atoms with Crippen LogP contribution in [0, 0.1) is 0 Å². The second kappa shape index (κ2) is 7.47. The van der Waals surface area contributed by atoms with Gasteiger partial charge in [-0.2, -0.15) is 0 Å². The number of rotatable bonds is 5. The molecule has 2 atom stereocenters. The van der Waals surface area contributed by atoms with Crippen LogP contribution in [0.4, 0.5) is 5.69 Å². The Morgan fingerprint density at radius 2 is 2.00 bits per heavy atom. The van der Waals surface area contributed by atoms with Gasteiger partial charge in [0.25, 0.3) is 0 Å². The number of para-hydroxylation sites is 1. The van der Waals surface area contributed by atoms with Gasteiger partial charge in [0, 0.05) is 30.2 Å². The summed E-state index contributed by atoms with van der Waals surface area (Å²) in [5, 5.41) is 2.99. The molecule has 2 aromatic rings. The zero-order valence-corrected chi connectivity index (χ0v) is 16.8. The van der Waals surface area contributed by atoms with Gasteiger partial charge in [0.15, 0.2) is 0 Å². The lowest BCUT2D eigenvalue weighted by Crippen LogP contribution is -2.39. The molecule has 2 aliphatic heterocycles. The second-order valence-corrected chi connectivity index (χ2v) is 8.17. The Bertz CT molecular complexity index is 849. The SMILES string of the molecule is COc1ccc(CN2C[C@@]3(CO[C@@H](C(=O)NC(C)C)C3)c3ccccc32)cc1. The summed E-state index contributed by atoms with van der Waals surface area (Å²) in [7, 11) is 1.68. The summed E-state index contributed by atoms with van der Waals surface area (Å²) in [4.78, 5) is 14.9. The molecule has 0 saturated carbocycles. The summed E-state index contributed by atoms with van der Waals surface area (Å²) in [6.45, 7) is 6.23. The van der Waals surface area contributed by atoms with Crippen molar-refractivity contribution in [3.05, 3.63) is 59.7 Å². The van der Waals surface area contributed by atoms with Crippen molar-refractivity contribution in [2.75, 3.05) is 25.2 Å². The number of anilines is 1. The molecule has 1 N–H and O–H groups in total. The molecule has 2 aliphatic rings. The maximum atomic E-state index is 12.5. The Morgan fingerprint density at radius 1 is 1.25 bits per heavy atom. The van der Waals surface area contributed by atoms with E-state index >= 15 is 0 Å². The molecule has 2 heterocycles. The largest absolute Gasteiger partial charge is 0.497 e. The predicted molar refractivity (Wildman–Crippen MR) is 110 cm³/mol. The molecule has 0 bridgehead atoms. The monoisotopic (exact) mass is 380 g/mol. The summed E-state index contributed by atoms with van der Waals surface area (Å²) in [6, 6.07) is 16.9. The summed E-state index contributed by atoms with van der Waals surface area (Å²) in [5.41, 5.74) is 3.65. The smallest absolute Gasteiger partial charge is 0.249 e. The summed E-state index contributed by atoms with van der Waals surface area (Å²) < 4.78 is 11.2. The van der Waals surface area contributed by atoms with Gasteiger partial charge in [-0.25, -0.2) is 0 Å². The molecule has 0 aliphatic carbocycles. The third-order valence-electron chi connectivity index (χ3n) is 5.70. The Balaban J connectivity index is 1.55. The van der Waals surface area contributed by atoms with Gasteiger partial charge in [-0.3, -0.25) is 4.79 Å². The number of carbonyl (C=O) groups excluding carboxylic acids is 1.